The minimum atomic E-state index is -3.36. The summed E-state index contributed by atoms with van der Waals surface area (Å²) in [7, 11) is -0.251. The molecule has 1 N–H and O–H groups in total. The van der Waals surface area contributed by atoms with E-state index in [-0.39, 0.29) is 6.04 Å². The molecule has 0 radical (unpaired) electrons. The molecule has 17 heavy (non-hydrogen) atoms. The van der Waals surface area contributed by atoms with Crippen molar-refractivity contribution in [1.29, 1.82) is 0 Å². The van der Waals surface area contributed by atoms with Gasteiger partial charge in [0.2, 0.25) is 0 Å². The molecule has 1 aromatic rings. The van der Waals surface area contributed by atoms with Gasteiger partial charge in [-0.25, -0.2) is 4.98 Å². The maximum absolute atomic E-state index is 12.1. The molecule has 1 aliphatic rings. The molecule has 0 saturated carbocycles. The van der Waals surface area contributed by atoms with E-state index in [0.29, 0.717) is 6.54 Å². The van der Waals surface area contributed by atoms with Crippen LogP contribution in [0.5, 0.6) is 0 Å². The Morgan fingerprint density at radius 2 is 2.24 bits per heavy atom. The van der Waals surface area contributed by atoms with Gasteiger partial charge < -0.3 is 4.98 Å². The Morgan fingerprint density at radius 1 is 1.53 bits per heavy atom. The quantitative estimate of drug-likeness (QED) is 0.866. The molecule has 0 aliphatic carbocycles. The van der Waals surface area contributed by atoms with E-state index in [1.165, 1.54) is 8.61 Å². The highest BCUT2D eigenvalue weighted by molar-refractivity contribution is 7.86. The molecule has 1 aromatic heterocycles. The Hall–Kier alpha value is -0.920. The molecule has 7 heteroatoms. The Balaban J connectivity index is 2.30. The Labute approximate surface area is 102 Å². The summed E-state index contributed by atoms with van der Waals surface area (Å²) in [4.78, 5) is 7.36. The lowest BCUT2D eigenvalue weighted by Gasteiger charge is -2.25. The number of aromatic nitrogens is 2. The molecule has 0 unspecified atom stereocenters. The third-order valence-electron chi connectivity index (χ3n) is 3.00. The number of aryl methyl sites for hydroxylation is 1. The molecule has 1 fully saturated rings. The molecule has 1 atom stereocenters. The average Bonchev–Trinajstić information content (AvgIpc) is 2.84. The van der Waals surface area contributed by atoms with Gasteiger partial charge in [0.15, 0.2) is 0 Å². The topological polar surface area (TPSA) is 69.3 Å². The fourth-order valence-electron chi connectivity index (χ4n) is 2.10. The molecule has 96 valence electrons. The molecule has 0 aromatic carbocycles. The third kappa shape index (κ3) is 2.22. The Morgan fingerprint density at radius 3 is 2.76 bits per heavy atom. The fraction of sp³-hybridized carbons (Fsp3) is 0.700. The summed E-state index contributed by atoms with van der Waals surface area (Å²) >= 11 is 0. The van der Waals surface area contributed by atoms with Crippen LogP contribution in [0.25, 0.3) is 0 Å². The van der Waals surface area contributed by atoms with E-state index in [2.05, 4.69) is 9.97 Å². The van der Waals surface area contributed by atoms with Gasteiger partial charge in [0.25, 0.3) is 10.2 Å². The van der Waals surface area contributed by atoms with Crippen LogP contribution in [-0.4, -0.2) is 47.6 Å². The zero-order valence-electron chi connectivity index (χ0n) is 10.3. The molecule has 2 rings (SSSR count). The summed E-state index contributed by atoms with van der Waals surface area (Å²) < 4.78 is 27.0. The van der Waals surface area contributed by atoms with Crippen LogP contribution in [0.1, 0.15) is 30.4 Å². The van der Waals surface area contributed by atoms with Crippen molar-refractivity contribution < 1.29 is 8.42 Å². The first kappa shape index (κ1) is 12.5. The maximum Gasteiger partial charge on any atom is 0.282 e. The Kier molecular flexibility index (Phi) is 3.24. The van der Waals surface area contributed by atoms with E-state index in [0.717, 1.165) is 24.4 Å². The second-order valence-corrected chi connectivity index (χ2v) is 6.61. The van der Waals surface area contributed by atoms with Gasteiger partial charge in [0.05, 0.1) is 6.04 Å². The van der Waals surface area contributed by atoms with Crippen LogP contribution in [0.3, 0.4) is 0 Å². The molecular weight excluding hydrogens is 240 g/mol. The van der Waals surface area contributed by atoms with Gasteiger partial charge in [-0.1, -0.05) is 0 Å². The van der Waals surface area contributed by atoms with Crippen molar-refractivity contribution in [2.45, 2.75) is 25.8 Å². The van der Waals surface area contributed by atoms with E-state index in [9.17, 15) is 8.42 Å². The standard InChI is InChI=1S/C10H18N4O2S/c1-8-7-11-10(12-8)9-5-4-6-14(9)17(15,16)13(2)3/h7,9H,4-6H2,1-3H3,(H,11,12)/t9-/m0/s1. The molecule has 0 amide bonds. The van der Waals surface area contributed by atoms with Crippen LogP contribution in [0.4, 0.5) is 0 Å². The zero-order valence-corrected chi connectivity index (χ0v) is 11.2. The van der Waals surface area contributed by atoms with Crippen LogP contribution in [-0.2, 0) is 10.2 Å². The highest BCUT2D eigenvalue weighted by Crippen LogP contribution is 2.33. The molecule has 1 aliphatic heterocycles. The normalized spacial score (nSPS) is 22.5. The van der Waals surface area contributed by atoms with E-state index in [4.69, 9.17) is 0 Å². The first-order valence-electron chi connectivity index (χ1n) is 5.63. The van der Waals surface area contributed by atoms with Crippen molar-refractivity contribution in [2.24, 2.45) is 0 Å². The number of imidazole rings is 1. The first-order chi connectivity index (χ1) is 7.93. The third-order valence-corrected chi connectivity index (χ3v) is 4.95. The van der Waals surface area contributed by atoms with Crippen molar-refractivity contribution in [1.82, 2.24) is 18.6 Å². The lowest BCUT2D eigenvalue weighted by molar-refractivity contribution is 0.354. The van der Waals surface area contributed by atoms with Gasteiger partial charge in [-0.3, -0.25) is 0 Å². The Bertz CT molecular complexity index is 494. The van der Waals surface area contributed by atoms with Crippen LogP contribution in [0.2, 0.25) is 0 Å². The van der Waals surface area contributed by atoms with E-state index in [1.54, 1.807) is 20.3 Å². The molecule has 0 bridgehead atoms. The number of hydrogen-bond donors (Lipinski definition) is 1. The smallest absolute Gasteiger partial charge is 0.282 e. The molecule has 1 saturated heterocycles. The van der Waals surface area contributed by atoms with E-state index in [1.807, 2.05) is 6.92 Å². The van der Waals surface area contributed by atoms with Gasteiger partial charge in [-0.15, -0.1) is 0 Å². The highest BCUT2D eigenvalue weighted by Gasteiger charge is 2.37. The molecule has 2 heterocycles. The number of nitrogens with zero attached hydrogens (tertiary/aromatic N) is 3. The average molecular weight is 258 g/mol. The van der Waals surface area contributed by atoms with E-state index >= 15 is 0 Å². The van der Waals surface area contributed by atoms with Crippen LogP contribution in [0.15, 0.2) is 6.20 Å². The van der Waals surface area contributed by atoms with Crippen LogP contribution in [0, 0.1) is 6.92 Å². The minimum absolute atomic E-state index is 0.156. The summed E-state index contributed by atoms with van der Waals surface area (Å²) in [5.74, 6) is 0.741. The number of rotatable bonds is 3. The van der Waals surface area contributed by atoms with E-state index < -0.39 is 10.2 Å². The fourth-order valence-corrected chi connectivity index (χ4v) is 3.41. The summed E-state index contributed by atoms with van der Waals surface area (Å²) in [5.41, 5.74) is 0.953. The first-order valence-corrected chi connectivity index (χ1v) is 7.03. The van der Waals surface area contributed by atoms with Gasteiger partial charge in [-0.2, -0.15) is 17.0 Å². The van der Waals surface area contributed by atoms with Crippen molar-refractivity contribution in [3.8, 4) is 0 Å². The molecule has 0 spiro atoms. The lowest BCUT2D eigenvalue weighted by Crippen LogP contribution is -2.39. The minimum Gasteiger partial charge on any atom is -0.345 e. The molecular formula is C10H18N4O2S. The van der Waals surface area contributed by atoms with Crippen molar-refractivity contribution in [2.75, 3.05) is 20.6 Å². The summed E-state index contributed by atoms with van der Waals surface area (Å²) in [6, 6.07) is -0.156. The number of hydrogen-bond acceptors (Lipinski definition) is 3. The SMILES string of the molecule is Cc1cnc([C@@H]2CCCN2S(=O)(=O)N(C)C)[nH]1. The monoisotopic (exact) mass is 258 g/mol. The number of nitrogens with one attached hydrogen (secondary N) is 1. The summed E-state index contributed by atoms with van der Waals surface area (Å²) in [6.45, 7) is 2.47. The van der Waals surface area contributed by atoms with Crippen molar-refractivity contribution in [3.63, 3.8) is 0 Å². The van der Waals surface area contributed by atoms with Crippen LogP contribution >= 0.6 is 0 Å². The zero-order chi connectivity index (χ0) is 12.6. The predicted octanol–water partition coefficient (Wildman–Crippen LogP) is 0.661. The van der Waals surface area contributed by atoms with Gasteiger partial charge in [0, 0.05) is 32.5 Å². The van der Waals surface area contributed by atoms with Crippen molar-refractivity contribution >= 4 is 10.2 Å². The van der Waals surface area contributed by atoms with Gasteiger partial charge >= 0.3 is 0 Å². The maximum atomic E-state index is 12.1. The summed E-state index contributed by atoms with van der Waals surface area (Å²) in [5, 5.41) is 0. The predicted molar refractivity (Wildman–Crippen MR) is 64.6 cm³/mol. The number of H-pyrrole nitrogens is 1. The molecule has 6 nitrogen and oxygen atoms in total. The van der Waals surface area contributed by atoms with Gasteiger partial charge in [0.1, 0.15) is 5.82 Å². The van der Waals surface area contributed by atoms with Gasteiger partial charge in [-0.05, 0) is 19.8 Å². The second kappa shape index (κ2) is 4.40. The van der Waals surface area contributed by atoms with Crippen LogP contribution < -0.4 is 0 Å². The highest BCUT2D eigenvalue weighted by atomic mass is 32.2. The lowest BCUT2D eigenvalue weighted by atomic mass is 10.2. The largest absolute Gasteiger partial charge is 0.345 e. The summed E-state index contributed by atoms with van der Waals surface area (Å²) in [6.07, 6.45) is 3.42. The number of aromatic amines is 1. The van der Waals surface area contributed by atoms with Crippen molar-refractivity contribution in [3.05, 3.63) is 17.7 Å². The second-order valence-electron chi connectivity index (χ2n) is 4.51.